The molecule has 0 amide bonds. The van der Waals surface area contributed by atoms with Gasteiger partial charge in [0, 0.05) is 0 Å². The van der Waals surface area contributed by atoms with Crippen LogP contribution in [0.25, 0.3) is 0 Å². The Labute approximate surface area is 146 Å². The third-order valence-electron chi connectivity index (χ3n) is 4.78. The second-order valence-corrected chi connectivity index (χ2v) is 19.6. The molecule has 1 aromatic heterocycles. The fraction of sp³-hybridized carbons (Fsp3) is 0.684. The molecule has 0 saturated carbocycles. The second kappa shape index (κ2) is 11.1. The average molecular weight is 426 g/mol. The maximum atomic E-state index is 12.3. The molecule has 0 N–H and O–H groups in total. The molecule has 3 nitrogen and oxygen atoms in total. The summed E-state index contributed by atoms with van der Waals surface area (Å²) < 4.78 is 10.3. The number of nitrogens with zero attached hydrogens (tertiary/aromatic N) is 1. The summed E-state index contributed by atoms with van der Waals surface area (Å²) in [6.07, 6.45) is 9.24. The first-order valence-corrected chi connectivity index (χ1v) is 16.7. The Morgan fingerprint density at radius 3 is 2.00 bits per heavy atom. The molecule has 130 valence electrons. The van der Waals surface area contributed by atoms with Gasteiger partial charge in [0.05, 0.1) is 0 Å². The number of ether oxygens (including phenoxy) is 1. The van der Waals surface area contributed by atoms with Gasteiger partial charge in [0.1, 0.15) is 0 Å². The van der Waals surface area contributed by atoms with Crippen LogP contribution >= 0.6 is 0 Å². The Hall–Kier alpha value is -0.581. The molecule has 0 aliphatic heterocycles. The van der Waals surface area contributed by atoms with Crippen LogP contribution in [-0.4, -0.2) is 36.4 Å². The quantitative estimate of drug-likeness (QED) is 0.373. The van der Waals surface area contributed by atoms with E-state index in [2.05, 4.69) is 31.8 Å². The van der Waals surface area contributed by atoms with E-state index in [0.717, 1.165) is 0 Å². The first-order valence-electron chi connectivity index (χ1n) is 9.19. The van der Waals surface area contributed by atoms with Crippen molar-refractivity contribution in [1.29, 1.82) is 0 Å². The van der Waals surface area contributed by atoms with E-state index in [1.165, 1.54) is 62.5 Å². The SMILES string of the molecule is CCC[CH2][Sn]([CH2]CCC)([CH2]CCC)[c]1cccnc1C(=O)OC. The van der Waals surface area contributed by atoms with Crippen molar-refractivity contribution in [1.82, 2.24) is 4.98 Å². The number of carbonyl (C=O) groups excluding carboxylic acids is 1. The van der Waals surface area contributed by atoms with Crippen molar-refractivity contribution in [2.24, 2.45) is 0 Å². The van der Waals surface area contributed by atoms with Gasteiger partial charge >= 0.3 is 146 Å². The van der Waals surface area contributed by atoms with Crippen LogP contribution in [0, 0.1) is 0 Å². The monoisotopic (exact) mass is 427 g/mol. The van der Waals surface area contributed by atoms with Gasteiger partial charge in [-0.2, -0.15) is 0 Å². The molecule has 0 atom stereocenters. The molecule has 0 saturated heterocycles. The third-order valence-corrected chi connectivity index (χ3v) is 20.4. The van der Waals surface area contributed by atoms with Crippen LogP contribution in [0.15, 0.2) is 18.3 Å². The molecule has 1 rings (SSSR count). The van der Waals surface area contributed by atoms with Crippen LogP contribution in [0.5, 0.6) is 0 Å². The van der Waals surface area contributed by atoms with E-state index in [4.69, 9.17) is 4.74 Å². The number of carbonyl (C=O) groups is 1. The van der Waals surface area contributed by atoms with Crippen molar-refractivity contribution in [3.8, 4) is 0 Å². The van der Waals surface area contributed by atoms with Crippen molar-refractivity contribution in [3.05, 3.63) is 24.0 Å². The van der Waals surface area contributed by atoms with Crippen molar-refractivity contribution < 1.29 is 9.53 Å². The van der Waals surface area contributed by atoms with Crippen molar-refractivity contribution in [2.45, 2.75) is 72.6 Å². The van der Waals surface area contributed by atoms with E-state index >= 15 is 0 Å². The molecule has 0 radical (unpaired) electrons. The van der Waals surface area contributed by atoms with Gasteiger partial charge in [0.15, 0.2) is 0 Å². The predicted molar refractivity (Wildman–Crippen MR) is 100 cm³/mol. The number of hydrogen-bond acceptors (Lipinski definition) is 3. The standard InChI is InChI=1S/C7H6NO2.3C4H9.Sn/c1-10-7(9)6-4-2-3-5-8-6;3*1-3-4-2;/h2-3,5H,1H3;3*1,3-4H2,2H3;. The minimum absolute atomic E-state index is 0.258. The average Bonchev–Trinajstić information content (AvgIpc) is 2.61. The second-order valence-electron chi connectivity index (χ2n) is 6.48. The normalized spacial score (nSPS) is 11.5. The molecule has 0 bridgehead atoms. The summed E-state index contributed by atoms with van der Waals surface area (Å²) in [6, 6.07) is 4.20. The maximum absolute atomic E-state index is 12.3. The van der Waals surface area contributed by atoms with Gasteiger partial charge < -0.3 is 0 Å². The number of pyridine rings is 1. The molecule has 23 heavy (non-hydrogen) atoms. The number of methoxy groups -OCH3 is 1. The van der Waals surface area contributed by atoms with Crippen molar-refractivity contribution in [3.63, 3.8) is 0 Å². The summed E-state index contributed by atoms with van der Waals surface area (Å²) >= 11 is -2.63. The molecular weight excluding hydrogens is 393 g/mol. The Balaban J connectivity index is 3.31. The van der Waals surface area contributed by atoms with E-state index in [1.54, 1.807) is 6.20 Å². The Morgan fingerprint density at radius 1 is 1.04 bits per heavy atom. The zero-order valence-electron chi connectivity index (χ0n) is 15.4. The van der Waals surface area contributed by atoms with Gasteiger partial charge in [-0.3, -0.25) is 0 Å². The minimum atomic E-state index is -2.63. The summed E-state index contributed by atoms with van der Waals surface area (Å²) in [5.74, 6) is -0.258. The molecule has 4 heteroatoms. The molecule has 0 aliphatic rings. The zero-order valence-corrected chi connectivity index (χ0v) is 18.2. The van der Waals surface area contributed by atoms with E-state index in [-0.39, 0.29) is 5.97 Å². The fourth-order valence-corrected chi connectivity index (χ4v) is 19.9. The van der Waals surface area contributed by atoms with Crippen molar-refractivity contribution >= 4 is 27.9 Å². The van der Waals surface area contributed by atoms with Crippen LogP contribution in [0.3, 0.4) is 0 Å². The third kappa shape index (κ3) is 5.77. The van der Waals surface area contributed by atoms with Gasteiger partial charge in [-0.25, -0.2) is 0 Å². The molecule has 0 fully saturated rings. The van der Waals surface area contributed by atoms with Crippen LogP contribution in [0.1, 0.15) is 69.8 Å². The van der Waals surface area contributed by atoms with Crippen LogP contribution < -0.4 is 3.58 Å². The van der Waals surface area contributed by atoms with Gasteiger partial charge in [0.2, 0.25) is 0 Å². The summed E-state index contributed by atoms with van der Waals surface area (Å²) in [6.45, 7) is 6.79. The summed E-state index contributed by atoms with van der Waals surface area (Å²) in [7, 11) is 1.46. The summed E-state index contributed by atoms with van der Waals surface area (Å²) in [5.41, 5.74) is 0.606. The molecule has 1 heterocycles. The Bertz CT molecular complexity index is 454. The van der Waals surface area contributed by atoms with E-state index in [0.29, 0.717) is 5.69 Å². The number of aromatic nitrogens is 1. The number of unbranched alkanes of at least 4 members (excludes halogenated alkanes) is 3. The van der Waals surface area contributed by atoms with Gasteiger partial charge in [-0.15, -0.1) is 0 Å². The Morgan fingerprint density at radius 2 is 1.57 bits per heavy atom. The van der Waals surface area contributed by atoms with Gasteiger partial charge in [-0.1, -0.05) is 0 Å². The van der Waals surface area contributed by atoms with Crippen LogP contribution in [0.2, 0.25) is 13.3 Å². The molecule has 1 aromatic rings. The first-order chi connectivity index (χ1) is 11.1. The molecular formula is C19H33NO2Sn. The number of rotatable bonds is 11. The summed E-state index contributed by atoms with van der Waals surface area (Å²) in [5, 5.41) is 0. The number of esters is 1. The predicted octanol–water partition coefficient (Wildman–Crippen LogP) is 4.92. The summed E-state index contributed by atoms with van der Waals surface area (Å²) in [4.78, 5) is 16.7. The van der Waals surface area contributed by atoms with E-state index in [9.17, 15) is 4.79 Å². The molecule has 0 aromatic carbocycles. The number of hydrogen-bond donors (Lipinski definition) is 0. The van der Waals surface area contributed by atoms with E-state index < -0.39 is 18.4 Å². The zero-order chi connectivity index (χ0) is 17.1. The van der Waals surface area contributed by atoms with Crippen LogP contribution in [-0.2, 0) is 4.74 Å². The van der Waals surface area contributed by atoms with Gasteiger partial charge in [-0.05, 0) is 0 Å². The van der Waals surface area contributed by atoms with E-state index in [1.807, 2.05) is 6.07 Å². The van der Waals surface area contributed by atoms with Crippen molar-refractivity contribution in [2.75, 3.05) is 7.11 Å². The molecule has 0 aliphatic carbocycles. The topological polar surface area (TPSA) is 39.2 Å². The Kier molecular flexibility index (Phi) is 9.84. The first kappa shape index (κ1) is 20.5. The molecule has 0 spiro atoms. The molecule has 0 unspecified atom stereocenters. The van der Waals surface area contributed by atoms with Gasteiger partial charge in [0.25, 0.3) is 0 Å². The fourth-order valence-electron chi connectivity index (χ4n) is 3.42. The van der Waals surface area contributed by atoms with Crippen LogP contribution in [0.4, 0.5) is 0 Å².